The van der Waals surface area contributed by atoms with Crippen molar-refractivity contribution in [3.63, 3.8) is 0 Å². The molecule has 0 aromatic heterocycles. The average Bonchev–Trinajstić information content (AvgIpc) is 2.66. The highest BCUT2D eigenvalue weighted by molar-refractivity contribution is 7.89. The lowest BCUT2D eigenvalue weighted by Gasteiger charge is -2.32. The molecule has 0 bridgehead atoms. The number of benzene rings is 2. The van der Waals surface area contributed by atoms with Crippen molar-refractivity contribution in [3.05, 3.63) is 53.6 Å². The van der Waals surface area contributed by atoms with E-state index < -0.39 is 10.0 Å². The topological polar surface area (TPSA) is 55.8 Å². The number of hydrogen-bond donors (Lipinski definition) is 0. The smallest absolute Gasteiger partial charge is 0.243 e. The number of aryl methyl sites for hydroxylation is 1. The van der Waals surface area contributed by atoms with Gasteiger partial charge in [0.05, 0.1) is 4.90 Å². The minimum absolute atomic E-state index is 0.136. The highest BCUT2D eigenvalue weighted by atomic mass is 32.2. The van der Waals surface area contributed by atoms with Crippen molar-refractivity contribution in [1.82, 2.24) is 4.31 Å². The van der Waals surface area contributed by atoms with E-state index in [1.165, 1.54) is 9.87 Å². The Balaban J connectivity index is 1.69. The Kier molecular flexibility index (Phi) is 4.17. The third-order valence-electron chi connectivity index (χ3n) is 4.97. The summed E-state index contributed by atoms with van der Waals surface area (Å²) >= 11 is 0. The predicted molar refractivity (Wildman–Crippen MR) is 94.5 cm³/mol. The second-order valence-electron chi connectivity index (χ2n) is 6.43. The lowest BCUT2D eigenvalue weighted by molar-refractivity contribution is 0.171. The summed E-state index contributed by atoms with van der Waals surface area (Å²) in [4.78, 5) is 0.238. The van der Waals surface area contributed by atoms with E-state index in [1.54, 1.807) is 25.2 Å². The van der Waals surface area contributed by atoms with Gasteiger partial charge in [-0.15, -0.1) is 0 Å². The SMILES string of the molecule is CN(C1CCCc2ccccc21)S(=O)(=O)c1ccc2c(c1)OCCO2. The fourth-order valence-electron chi connectivity index (χ4n) is 3.62. The van der Waals surface area contributed by atoms with Gasteiger partial charge in [0.2, 0.25) is 10.0 Å². The van der Waals surface area contributed by atoms with Crippen molar-refractivity contribution in [2.75, 3.05) is 20.3 Å². The van der Waals surface area contributed by atoms with Crippen LogP contribution in [0.1, 0.15) is 30.0 Å². The molecule has 5 nitrogen and oxygen atoms in total. The van der Waals surface area contributed by atoms with Gasteiger partial charge in [-0.1, -0.05) is 24.3 Å². The molecule has 6 heteroatoms. The zero-order valence-corrected chi connectivity index (χ0v) is 15.0. The van der Waals surface area contributed by atoms with Gasteiger partial charge in [0.15, 0.2) is 11.5 Å². The maximum Gasteiger partial charge on any atom is 0.243 e. The van der Waals surface area contributed by atoms with Crippen LogP contribution in [0.15, 0.2) is 47.4 Å². The maximum atomic E-state index is 13.2. The lowest BCUT2D eigenvalue weighted by Crippen LogP contribution is -2.33. The standard InChI is InChI=1S/C19H21NO4S/c1-20(17-8-4-6-14-5-2-3-7-16(14)17)25(21,22)15-9-10-18-19(13-15)24-12-11-23-18/h2-3,5,7,9-10,13,17H,4,6,8,11-12H2,1H3. The Morgan fingerprint density at radius 2 is 1.80 bits per heavy atom. The minimum Gasteiger partial charge on any atom is -0.486 e. The summed E-state index contributed by atoms with van der Waals surface area (Å²) in [7, 11) is -1.95. The van der Waals surface area contributed by atoms with E-state index >= 15 is 0 Å². The molecule has 2 aliphatic rings. The van der Waals surface area contributed by atoms with E-state index in [0.717, 1.165) is 24.8 Å². The van der Waals surface area contributed by atoms with E-state index in [0.29, 0.717) is 24.7 Å². The summed E-state index contributed by atoms with van der Waals surface area (Å²) in [5.41, 5.74) is 2.35. The molecule has 1 heterocycles. The molecule has 1 aliphatic heterocycles. The van der Waals surface area contributed by atoms with Crippen LogP contribution in [0, 0.1) is 0 Å². The molecule has 132 valence electrons. The molecule has 2 aromatic rings. The molecule has 1 unspecified atom stereocenters. The van der Waals surface area contributed by atoms with Gasteiger partial charge in [0.25, 0.3) is 0 Å². The van der Waals surface area contributed by atoms with Crippen molar-refractivity contribution >= 4 is 10.0 Å². The Morgan fingerprint density at radius 1 is 1.04 bits per heavy atom. The van der Waals surface area contributed by atoms with Crippen molar-refractivity contribution in [2.45, 2.75) is 30.2 Å². The molecule has 0 spiro atoms. The van der Waals surface area contributed by atoms with Crippen molar-refractivity contribution in [1.29, 1.82) is 0 Å². The predicted octanol–water partition coefficient (Wildman–Crippen LogP) is 3.16. The molecule has 0 fully saturated rings. The zero-order valence-electron chi connectivity index (χ0n) is 14.1. The van der Waals surface area contributed by atoms with E-state index in [2.05, 4.69) is 6.07 Å². The number of sulfonamides is 1. The molecule has 0 amide bonds. The van der Waals surface area contributed by atoms with Crippen LogP contribution < -0.4 is 9.47 Å². The van der Waals surface area contributed by atoms with Crippen molar-refractivity contribution < 1.29 is 17.9 Å². The quantitative estimate of drug-likeness (QED) is 0.845. The minimum atomic E-state index is -3.62. The molecule has 0 N–H and O–H groups in total. The van der Waals surface area contributed by atoms with E-state index in [-0.39, 0.29) is 10.9 Å². The Hall–Kier alpha value is -2.05. The number of rotatable bonds is 3. The number of ether oxygens (including phenoxy) is 2. The number of nitrogens with zero attached hydrogens (tertiary/aromatic N) is 1. The first-order chi connectivity index (χ1) is 12.1. The summed E-state index contributed by atoms with van der Waals surface area (Å²) in [5.74, 6) is 1.08. The summed E-state index contributed by atoms with van der Waals surface area (Å²) < 4.78 is 38.8. The molecule has 25 heavy (non-hydrogen) atoms. The van der Waals surface area contributed by atoms with E-state index in [9.17, 15) is 8.42 Å². The molecule has 2 aromatic carbocycles. The summed E-state index contributed by atoms with van der Waals surface area (Å²) in [6, 6.07) is 12.8. The Morgan fingerprint density at radius 3 is 2.64 bits per heavy atom. The van der Waals surface area contributed by atoms with Crippen LogP contribution in [0.4, 0.5) is 0 Å². The monoisotopic (exact) mass is 359 g/mol. The lowest BCUT2D eigenvalue weighted by atomic mass is 9.88. The van der Waals surface area contributed by atoms with Gasteiger partial charge in [-0.2, -0.15) is 4.31 Å². The van der Waals surface area contributed by atoms with Crippen molar-refractivity contribution in [2.24, 2.45) is 0 Å². The third-order valence-corrected chi connectivity index (χ3v) is 6.83. The van der Waals surface area contributed by atoms with Gasteiger partial charge in [0, 0.05) is 19.2 Å². The molecule has 4 rings (SSSR count). The highest BCUT2D eigenvalue weighted by Crippen LogP contribution is 2.38. The van der Waals surface area contributed by atoms with Crippen LogP contribution in [0.25, 0.3) is 0 Å². The molecule has 1 atom stereocenters. The van der Waals surface area contributed by atoms with Crippen LogP contribution in [-0.4, -0.2) is 33.0 Å². The summed E-state index contributed by atoms with van der Waals surface area (Å²) in [6.45, 7) is 0.917. The third kappa shape index (κ3) is 2.89. The first kappa shape index (κ1) is 16.4. The summed E-state index contributed by atoms with van der Waals surface area (Å²) in [5, 5.41) is 0. The normalized spacial score (nSPS) is 19.5. The van der Waals surface area contributed by atoms with Gasteiger partial charge >= 0.3 is 0 Å². The van der Waals surface area contributed by atoms with Crippen LogP contribution in [-0.2, 0) is 16.4 Å². The average molecular weight is 359 g/mol. The van der Waals surface area contributed by atoms with Crippen LogP contribution in [0.3, 0.4) is 0 Å². The Labute approximate surface area is 148 Å². The van der Waals surface area contributed by atoms with Gasteiger partial charge < -0.3 is 9.47 Å². The van der Waals surface area contributed by atoms with Gasteiger partial charge in [-0.3, -0.25) is 0 Å². The van der Waals surface area contributed by atoms with Crippen LogP contribution in [0.2, 0.25) is 0 Å². The molecule has 0 saturated heterocycles. The van der Waals surface area contributed by atoms with Gasteiger partial charge in [-0.25, -0.2) is 8.42 Å². The molecular weight excluding hydrogens is 338 g/mol. The zero-order chi connectivity index (χ0) is 17.4. The van der Waals surface area contributed by atoms with Crippen molar-refractivity contribution in [3.8, 4) is 11.5 Å². The number of fused-ring (bicyclic) bond motifs is 2. The van der Waals surface area contributed by atoms with Crippen LogP contribution >= 0.6 is 0 Å². The first-order valence-corrected chi connectivity index (χ1v) is 9.97. The molecule has 0 radical (unpaired) electrons. The molecular formula is C19H21NO4S. The second-order valence-corrected chi connectivity index (χ2v) is 8.43. The maximum absolute atomic E-state index is 13.2. The fourth-order valence-corrected chi connectivity index (χ4v) is 5.01. The fraction of sp³-hybridized carbons (Fsp3) is 0.368. The largest absolute Gasteiger partial charge is 0.486 e. The Bertz CT molecular complexity index is 894. The first-order valence-electron chi connectivity index (χ1n) is 8.53. The second kappa shape index (κ2) is 6.35. The molecule has 0 saturated carbocycles. The molecule has 1 aliphatic carbocycles. The highest BCUT2D eigenvalue weighted by Gasteiger charge is 2.32. The van der Waals surface area contributed by atoms with Gasteiger partial charge in [0.1, 0.15) is 13.2 Å². The van der Waals surface area contributed by atoms with Crippen LogP contribution in [0.5, 0.6) is 11.5 Å². The van der Waals surface area contributed by atoms with Gasteiger partial charge in [-0.05, 0) is 42.5 Å². The van der Waals surface area contributed by atoms with E-state index in [1.807, 2.05) is 18.2 Å². The number of hydrogen-bond acceptors (Lipinski definition) is 4. The van der Waals surface area contributed by atoms with E-state index in [4.69, 9.17) is 9.47 Å². The summed E-state index contributed by atoms with van der Waals surface area (Å²) in [6.07, 6.45) is 2.82.